The standard InChI is InChI=1S/C15H17FN2S2/c1-2-19-13-7-3-5-10(16)14(13)15-18-12(9-20-15)11-6-4-8-17-11/h3,5,7,9,11,17H,2,4,6,8H2,1H3/t11-/m0/s1. The van der Waals surface area contributed by atoms with Crippen LogP contribution in [0.3, 0.4) is 0 Å². The monoisotopic (exact) mass is 308 g/mol. The molecule has 2 nitrogen and oxygen atoms in total. The van der Waals surface area contributed by atoms with Gasteiger partial charge in [-0.05, 0) is 37.3 Å². The normalized spacial score (nSPS) is 18.6. The lowest BCUT2D eigenvalue weighted by atomic mass is 10.2. The zero-order valence-corrected chi connectivity index (χ0v) is 13.0. The molecule has 0 radical (unpaired) electrons. The van der Waals surface area contributed by atoms with Gasteiger partial charge in [0, 0.05) is 10.3 Å². The molecule has 1 saturated heterocycles. The van der Waals surface area contributed by atoms with Crippen LogP contribution in [0.15, 0.2) is 28.5 Å². The first kappa shape index (κ1) is 14.0. The highest BCUT2D eigenvalue weighted by atomic mass is 32.2. The summed E-state index contributed by atoms with van der Waals surface area (Å²) >= 11 is 3.20. The number of nitrogens with one attached hydrogen (secondary N) is 1. The van der Waals surface area contributed by atoms with Crippen LogP contribution in [0.5, 0.6) is 0 Å². The van der Waals surface area contributed by atoms with Crippen LogP contribution in [0, 0.1) is 5.82 Å². The molecule has 3 rings (SSSR count). The second-order valence-electron chi connectivity index (χ2n) is 4.77. The summed E-state index contributed by atoms with van der Waals surface area (Å²) in [5.41, 5.74) is 1.71. The number of benzene rings is 1. The van der Waals surface area contributed by atoms with Crippen LogP contribution in [0.2, 0.25) is 0 Å². The largest absolute Gasteiger partial charge is 0.309 e. The lowest BCUT2D eigenvalue weighted by Crippen LogP contribution is -2.12. The van der Waals surface area contributed by atoms with Crippen molar-refractivity contribution in [3.8, 4) is 10.6 Å². The van der Waals surface area contributed by atoms with Crippen molar-refractivity contribution in [2.24, 2.45) is 0 Å². The third-order valence-electron chi connectivity index (χ3n) is 3.43. The molecule has 1 N–H and O–H groups in total. The number of rotatable bonds is 4. The Morgan fingerprint density at radius 1 is 1.50 bits per heavy atom. The molecule has 0 unspecified atom stereocenters. The maximum Gasteiger partial charge on any atom is 0.134 e. The zero-order chi connectivity index (χ0) is 13.9. The van der Waals surface area contributed by atoms with E-state index in [1.165, 1.54) is 23.8 Å². The second-order valence-corrected chi connectivity index (χ2v) is 6.94. The van der Waals surface area contributed by atoms with Crippen molar-refractivity contribution in [3.63, 3.8) is 0 Å². The first-order valence-electron chi connectivity index (χ1n) is 6.90. The van der Waals surface area contributed by atoms with Gasteiger partial charge in [-0.15, -0.1) is 23.1 Å². The van der Waals surface area contributed by atoms with E-state index in [2.05, 4.69) is 22.6 Å². The summed E-state index contributed by atoms with van der Waals surface area (Å²) in [4.78, 5) is 5.65. The first-order chi connectivity index (χ1) is 9.79. The van der Waals surface area contributed by atoms with E-state index in [-0.39, 0.29) is 5.82 Å². The fourth-order valence-electron chi connectivity index (χ4n) is 2.49. The second kappa shape index (κ2) is 6.24. The van der Waals surface area contributed by atoms with E-state index < -0.39 is 0 Å². The number of hydrogen-bond donors (Lipinski definition) is 1. The molecule has 1 aliphatic rings. The number of thioether (sulfide) groups is 1. The number of hydrogen-bond acceptors (Lipinski definition) is 4. The average Bonchev–Trinajstić information content (AvgIpc) is 3.10. The van der Waals surface area contributed by atoms with Crippen LogP contribution in [-0.4, -0.2) is 17.3 Å². The van der Waals surface area contributed by atoms with Gasteiger partial charge in [-0.2, -0.15) is 0 Å². The third-order valence-corrected chi connectivity index (χ3v) is 5.25. The summed E-state index contributed by atoms with van der Waals surface area (Å²) in [5, 5.41) is 6.29. The van der Waals surface area contributed by atoms with E-state index in [9.17, 15) is 4.39 Å². The minimum Gasteiger partial charge on any atom is -0.309 e. The molecule has 1 atom stereocenters. The molecule has 1 aliphatic heterocycles. The Bertz CT molecular complexity index is 591. The van der Waals surface area contributed by atoms with Crippen molar-refractivity contribution >= 4 is 23.1 Å². The lowest BCUT2D eigenvalue weighted by molar-refractivity contribution is 0.624. The summed E-state index contributed by atoms with van der Waals surface area (Å²) in [6.07, 6.45) is 2.31. The predicted octanol–water partition coefficient (Wildman–Crippen LogP) is 4.49. The zero-order valence-electron chi connectivity index (χ0n) is 11.4. The SMILES string of the molecule is CCSc1cccc(F)c1-c1nc([C@@H]2CCCN2)cs1. The molecule has 0 aliphatic carbocycles. The molecule has 1 aromatic heterocycles. The van der Waals surface area contributed by atoms with Crippen LogP contribution in [0.25, 0.3) is 10.6 Å². The van der Waals surface area contributed by atoms with Crippen molar-refractivity contribution < 1.29 is 4.39 Å². The predicted molar refractivity (Wildman–Crippen MR) is 83.9 cm³/mol. The molecular formula is C15H17FN2S2. The van der Waals surface area contributed by atoms with Gasteiger partial charge in [-0.1, -0.05) is 13.0 Å². The molecule has 5 heteroatoms. The van der Waals surface area contributed by atoms with Crippen LogP contribution in [0.1, 0.15) is 31.5 Å². The molecule has 20 heavy (non-hydrogen) atoms. The highest BCUT2D eigenvalue weighted by Crippen LogP contribution is 2.37. The molecule has 2 heterocycles. The smallest absolute Gasteiger partial charge is 0.134 e. The third kappa shape index (κ3) is 2.75. The Kier molecular flexibility index (Phi) is 4.38. The molecule has 1 fully saturated rings. The van der Waals surface area contributed by atoms with E-state index in [0.29, 0.717) is 11.6 Å². The average molecular weight is 308 g/mol. The Hall–Kier alpha value is -0.910. The van der Waals surface area contributed by atoms with Crippen LogP contribution in [-0.2, 0) is 0 Å². The van der Waals surface area contributed by atoms with Crippen molar-refractivity contribution in [2.45, 2.75) is 30.7 Å². The Labute approximate surface area is 126 Å². The van der Waals surface area contributed by atoms with Crippen LogP contribution in [0.4, 0.5) is 4.39 Å². The quantitative estimate of drug-likeness (QED) is 0.843. The van der Waals surface area contributed by atoms with E-state index in [1.807, 2.05) is 6.07 Å². The van der Waals surface area contributed by atoms with Gasteiger partial charge in [0.25, 0.3) is 0 Å². The van der Waals surface area contributed by atoms with Crippen molar-refractivity contribution in [2.75, 3.05) is 12.3 Å². The van der Waals surface area contributed by atoms with Gasteiger partial charge < -0.3 is 5.32 Å². The number of thiazole rings is 1. The molecule has 0 saturated carbocycles. The molecule has 0 spiro atoms. The van der Waals surface area contributed by atoms with Gasteiger partial charge >= 0.3 is 0 Å². The van der Waals surface area contributed by atoms with Gasteiger partial charge in [0.05, 0.1) is 17.3 Å². The Balaban J connectivity index is 1.96. The number of aromatic nitrogens is 1. The van der Waals surface area contributed by atoms with E-state index in [0.717, 1.165) is 34.3 Å². The maximum absolute atomic E-state index is 14.2. The minimum absolute atomic E-state index is 0.177. The van der Waals surface area contributed by atoms with Crippen LogP contribution >= 0.6 is 23.1 Å². The van der Waals surface area contributed by atoms with Crippen molar-refractivity contribution in [1.82, 2.24) is 10.3 Å². The van der Waals surface area contributed by atoms with E-state index in [4.69, 9.17) is 0 Å². The maximum atomic E-state index is 14.2. The Morgan fingerprint density at radius 2 is 2.40 bits per heavy atom. The van der Waals surface area contributed by atoms with E-state index >= 15 is 0 Å². The molecule has 0 amide bonds. The van der Waals surface area contributed by atoms with Gasteiger partial charge in [0.2, 0.25) is 0 Å². The summed E-state index contributed by atoms with van der Waals surface area (Å²) in [6.45, 7) is 3.13. The fourth-order valence-corrected chi connectivity index (χ4v) is 4.31. The topological polar surface area (TPSA) is 24.9 Å². The molecule has 2 aromatic rings. The fraction of sp³-hybridized carbons (Fsp3) is 0.400. The van der Waals surface area contributed by atoms with Gasteiger partial charge in [0.1, 0.15) is 10.8 Å². The molecule has 106 valence electrons. The van der Waals surface area contributed by atoms with Crippen LogP contribution < -0.4 is 5.32 Å². The van der Waals surface area contributed by atoms with Crippen molar-refractivity contribution in [3.05, 3.63) is 35.1 Å². The molecule has 1 aromatic carbocycles. The number of halogens is 1. The van der Waals surface area contributed by atoms with E-state index in [1.54, 1.807) is 17.8 Å². The van der Waals surface area contributed by atoms with Gasteiger partial charge in [-0.3, -0.25) is 0 Å². The highest BCUT2D eigenvalue weighted by molar-refractivity contribution is 7.99. The molecule has 0 bridgehead atoms. The highest BCUT2D eigenvalue weighted by Gasteiger charge is 2.21. The first-order valence-corrected chi connectivity index (χ1v) is 8.76. The van der Waals surface area contributed by atoms with Gasteiger partial charge in [0.15, 0.2) is 0 Å². The van der Waals surface area contributed by atoms with Crippen molar-refractivity contribution in [1.29, 1.82) is 0 Å². The lowest BCUT2D eigenvalue weighted by Gasteiger charge is -2.08. The summed E-state index contributed by atoms with van der Waals surface area (Å²) in [5.74, 6) is 0.752. The molecular weight excluding hydrogens is 291 g/mol. The summed E-state index contributed by atoms with van der Waals surface area (Å²) in [7, 11) is 0. The summed E-state index contributed by atoms with van der Waals surface area (Å²) < 4.78 is 14.2. The summed E-state index contributed by atoms with van der Waals surface area (Å²) in [6, 6.07) is 5.60. The number of nitrogens with zero attached hydrogens (tertiary/aromatic N) is 1. The Morgan fingerprint density at radius 3 is 3.15 bits per heavy atom. The van der Waals surface area contributed by atoms with Gasteiger partial charge in [-0.25, -0.2) is 9.37 Å². The minimum atomic E-state index is -0.177.